The summed E-state index contributed by atoms with van der Waals surface area (Å²) in [7, 11) is 0. The zero-order chi connectivity index (χ0) is 15.4. The quantitative estimate of drug-likeness (QED) is 0.824. The van der Waals surface area contributed by atoms with Crippen molar-refractivity contribution in [2.45, 2.75) is 45.6 Å². The molecule has 4 nitrogen and oxygen atoms in total. The van der Waals surface area contributed by atoms with Gasteiger partial charge in [-0.25, -0.2) is 0 Å². The van der Waals surface area contributed by atoms with Crippen molar-refractivity contribution in [3.05, 3.63) is 28.8 Å². The Morgan fingerprint density at radius 1 is 1.14 bits per heavy atom. The molecule has 5 heteroatoms. The molecule has 1 aliphatic rings. The minimum absolute atomic E-state index is 0.112. The van der Waals surface area contributed by atoms with Crippen molar-refractivity contribution in [1.29, 1.82) is 0 Å². The SMILES string of the molecule is Cc1ccc(NC(=O)C(=O)NC2CCC(C)CC2)cc1Cl. The van der Waals surface area contributed by atoms with E-state index in [2.05, 4.69) is 17.6 Å². The smallest absolute Gasteiger partial charge is 0.313 e. The van der Waals surface area contributed by atoms with E-state index < -0.39 is 11.8 Å². The largest absolute Gasteiger partial charge is 0.345 e. The molecular formula is C16H21ClN2O2. The molecule has 0 saturated heterocycles. The first-order valence-corrected chi connectivity index (χ1v) is 7.71. The molecule has 1 fully saturated rings. The Hall–Kier alpha value is -1.55. The fraction of sp³-hybridized carbons (Fsp3) is 0.500. The van der Waals surface area contributed by atoms with Gasteiger partial charge in [-0.05, 0) is 56.2 Å². The van der Waals surface area contributed by atoms with Crippen LogP contribution >= 0.6 is 11.6 Å². The average Bonchev–Trinajstić information content (AvgIpc) is 2.45. The molecular weight excluding hydrogens is 288 g/mol. The van der Waals surface area contributed by atoms with Crippen molar-refractivity contribution < 1.29 is 9.59 Å². The molecule has 0 radical (unpaired) electrons. The number of carbonyl (C=O) groups excluding carboxylic acids is 2. The van der Waals surface area contributed by atoms with Crippen molar-refractivity contribution in [2.24, 2.45) is 5.92 Å². The summed E-state index contributed by atoms with van der Waals surface area (Å²) >= 11 is 5.99. The number of hydrogen-bond acceptors (Lipinski definition) is 2. The number of carbonyl (C=O) groups is 2. The molecule has 114 valence electrons. The van der Waals surface area contributed by atoms with Crippen molar-refractivity contribution in [3.8, 4) is 0 Å². The average molecular weight is 309 g/mol. The molecule has 2 N–H and O–H groups in total. The second-order valence-electron chi connectivity index (χ2n) is 5.85. The minimum Gasteiger partial charge on any atom is -0.345 e. The molecule has 2 amide bonds. The van der Waals surface area contributed by atoms with Gasteiger partial charge < -0.3 is 10.6 Å². The predicted octanol–water partition coefficient (Wildman–Crippen LogP) is 3.28. The van der Waals surface area contributed by atoms with Crippen LogP contribution < -0.4 is 10.6 Å². The molecule has 1 aromatic rings. The van der Waals surface area contributed by atoms with E-state index >= 15 is 0 Å². The summed E-state index contributed by atoms with van der Waals surface area (Å²) in [5.41, 5.74) is 1.46. The van der Waals surface area contributed by atoms with Crippen LogP contribution in [0.2, 0.25) is 5.02 Å². The first kappa shape index (κ1) is 15.8. The van der Waals surface area contributed by atoms with Gasteiger partial charge in [0.15, 0.2) is 0 Å². The molecule has 1 aliphatic carbocycles. The summed E-state index contributed by atoms with van der Waals surface area (Å²) in [6.07, 6.45) is 4.08. The zero-order valence-corrected chi connectivity index (χ0v) is 13.2. The van der Waals surface area contributed by atoms with Gasteiger partial charge in [0.05, 0.1) is 0 Å². The van der Waals surface area contributed by atoms with Gasteiger partial charge in [0.2, 0.25) is 0 Å². The topological polar surface area (TPSA) is 58.2 Å². The molecule has 0 aromatic heterocycles. The van der Waals surface area contributed by atoms with Gasteiger partial charge in [0.25, 0.3) is 0 Å². The Kier molecular flexibility index (Phi) is 5.23. The van der Waals surface area contributed by atoms with Crippen LogP contribution in [0.1, 0.15) is 38.2 Å². The van der Waals surface area contributed by atoms with Gasteiger partial charge in [-0.2, -0.15) is 0 Å². The van der Waals surface area contributed by atoms with E-state index in [0.29, 0.717) is 16.6 Å². The summed E-state index contributed by atoms with van der Waals surface area (Å²) in [6, 6.07) is 5.29. The summed E-state index contributed by atoms with van der Waals surface area (Å²) in [6.45, 7) is 4.09. The summed E-state index contributed by atoms with van der Waals surface area (Å²) in [4.78, 5) is 23.8. The number of nitrogens with one attached hydrogen (secondary N) is 2. The summed E-state index contributed by atoms with van der Waals surface area (Å²) < 4.78 is 0. The van der Waals surface area contributed by atoms with Crippen LogP contribution in [0, 0.1) is 12.8 Å². The molecule has 0 heterocycles. The lowest BCUT2D eigenvalue weighted by Gasteiger charge is -2.26. The monoisotopic (exact) mass is 308 g/mol. The van der Waals surface area contributed by atoms with E-state index in [9.17, 15) is 9.59 Å². The van der Waals surface area contributed by atoms with Crippen molar-refractivity contribution in [1.82, 2.24) is 5.32 Å². The Bertz CT molecular complexity index is 537. The number of benzene rings is 1. The van der Waals surface area contributed by atoms with Crippen LogP contribution in [0.4, 0.5) is 5.69 Å². The van der Waals surface area contributed by atoms with Crippen molar-refractivity contribution >= 4 is 29.1 Å². The van der Waals surface area contributed by atoms with Gasteiger partial charge in [0, 0.05) is 16.8 Å². The Morgan fingerprint density at radius 3 is 2.43 bits per heavy atom. The highest BCUT2D eigenvalue weighted by Crippen LogP contribution is 2.23. The maximum atomic E-state index is 11.9. The highest BCUT2D eigenvalue weighted by Gasteiger charge is 2.22. The van der Waals surface area contributed by atoms with E-state index in [-0.39, 0.29) is 6.04 Å². The normalized spacial score (nSPS) is 21.7. The summed E-state index contributed by atoms with van der Waals surface area (Å²) in [5.74, 6) is -0.513. The molecule has 21 heavy (non-hydrogen) atoms. The molecule has 0 spiro atoms. The first-order chi connectivity index (χ1) is 9.95. The van der Waals surface area contributed by atoms with Gasteiger partial charge >= 0.3 is 11.8 Å². The van der Waals surface area contributed by atoms with Crippen LogP contribution in [0.3, 0.4) is 0 Å². The lowest BCUT2D eigenvalue weighted by atomic mass is 9.87. The Balaban J connectivity index is 1.87. The van der Waals surface area contributed by atoms with Gasteiger partial charge in [-0.3, -0.25) is 9.59 Å². The Labute approximate surface area is 130 Å². The van der Waals surface area contributed by atoms with Crippen LogP contribution in [0.15, 0.2) is 18.2 Å². The third-order valence-corrected chi connectivity index (χ3v) is 4.39. The maximum Gasteiger partial charge on any atom is 0.313 e. The van der Waals surface area contributed by atoms with E-state index in [0.717, 1.165) is 31.2 Å². The highest BCUT2D eigenvalue weighted by atomic mass is 35.5. The number of rotatable bonds is 2. The second kappa shape index (κ2) is 6.94. The maximum absolute atomic E-state index is 11.9. The highest BCUT2D eigenvalue weighted by molar-refractivity contribution is 6.40. The number of anilines is 1. The number of aryl methyl sites for hydroxylation is 1. The van der Waals surface area contributed by atoms with E-state index in [1.807, 2.05) is 6.92 Å². The lowest BCUT2D eigenvalue weighted by Crippen LogP contribution is -2.43. The van der Waals surface area contributed by atoms with Crippen LogP contribution in [-0.4, -0.2) is 17.9 Å². The third-order valence-electron chi connectivity index (χ3n) is 3.99. The summed E-state index contributed by atoms with van der Waals surface area (Å²) in [5, 5.41) is 5.94. The van der Waals surface area contributed by atoms with Gasteiger partial charge in [-0.15, -0.1) is 0 Å². The van der Waals surface area contributed by atoms with Crippen molar-refractivity contribution in [3.63, 3.8) is 0 Å². The first-order valence-electron chi connectivity index (χ1n) is 7.33. The number of hydrogen-bond donors (Lipinski definition) is 2. The minimum atomic E-state index is -0.645. The molecule has 0 atom stereocenters. The number of amides is 2. The molecule has 1 saturated carbocycles. The molecule has 0 aliphatic heterocycles. The van der Waals surface area contributed by atoms with Gasteiger partial charge in [0.1, 0.15) is 0 Å². The van der Waals surface area contributed by atoms with Crippen LogP contribution in [0.25, 0.3) is 0 Å². The predicted molar refractivity (Wildman–Crippen MR) is 84.4 cm³/mol. The Morgan fingerprint density at radius 2 is 1.81 bits per heavy atom. The number of halogens is 1. The fourth-order valence-corrected chi connectivity index (χ4v) is 2.69. The standard InChI is InChI=1S/C16H21ClN2O2/c1-10-3-6-12(7-4-10)18-15(20)16(21)19-13-8-5-11(2)14(17)9-13/h5,8-10,12H,3-4,6-7H2,1-2H3,(H,18,20)(H,19,21). The van der Waals surface area contributed by atoms with Crippen LogP contribution in [-0.2, 0) is 9.59 Å². The third kappa shape index (κ3) is 4.46. The molecule has 1 aromatic carbocycles. The zero-order valence-electron chi connectivity index (χ0n) is 12.4. The lowest BCUT2D eigenvalue weighted by molar-refractivity contribution is -0.136. The van der Waals surface area contributed by atoms with Crippen molar-refractivity contribution in [2.75, 3.05) is 5.32 Å². The van der Waals surface area contributed by atoms with Crippen LogP contribution in [0.5, 0.6) is 0 Å². The fourth-order valence-electron chi connectivity index (χ4n) is 2.51. The molecule has 0 unspecified atom stereocenters. The van der Waals surface area contributed by atoms with Gasteiger partial charge in [-0.1, -0.05) is 24.6 Å². The van der Waals surface area contributed by atoms with E-state index in [1.165, 1.54) is 0 Å². The molecule has 2 rings (SSSR count). The molecule has 0 bridgehead atoms. The second-order valence-corrected chi connectivity index (χ2v) is 6.26. The van der Waals surface area contributed by atoms with E-state index in [4.69, 9.17) is 11.6 Å². The van der Waals surface area contributed by atoms with E-state index in [1.54, 1.807) is 18.2 Å².